The highest BCUT2D eigenvalue weighted by Crippen LogP contribution is 2.14. The third kappa shape index (κ3) is 25.3. The highest BCUT2D eigenvalue weighted by molar-refractivity contribution is 7.78. The third-order valence-electron chi connectivity index (χ3n) is 7.23. The molecule has 0 aromatic rings. The Morgan fingerprint density at radius 1 is 0.585 bits per heavy atom. The Bertz CT molecular complexity index is 752. The number of rotatable bonds is 29. The highest BCUT2D eigenvalue weighted by Gasteiger charge is 2.20. The number of thiol groups is 1. The Kier molecular flexibility index (Phi) is 25.3. The zero-order chi connectivity index (χ0) is 30.7. The van der Waals surface area contributed by atoms with Crippen molar-refractivity contribution in [2.45, 2.75) is 154 Å². The molecule has 0 aliphatic carbocycles. The summed E-state index contributed by atoms with van der Waals surface area (Å²) in [4.78, 5) is 57.6. The number of carbonyl (C=O) groups is 5. The molecule has 0 fully saturated rings. The van der Waals surface area contributed by atoms with Gasteiger partial charge in [-0.2, -0.15) is 0 Å². The van der Waals surface area contributed by atoms with Crippen molar-refractivity contribution in [1.29, 1.82) is 0 Å². The summed E-state index contributed by atoms with van der Waals surface area (Å²) in [6.45, 7) is 1.94. The molecule has 0 aliphatic heterocycles. The van der Waals surface area contributed by atoms with Crippen LogP contribution in [0, 0.1) is 0 Å². The molecule has 0 aromatic heterocycles. The fraction of sp³-hybridized carbons (Fsp3) is 0.833. The number of hydrogen-bond acceptors (Lipinski definition) is 7. The van der Waals surface area contributed by atoms with Gasteiger partial charge in [-0.15, -0.1) is 0 Å². The molecule has 0 saturated carbocycles. The van der Waals surface area contributed by atoms with Crippen LogP contribution in [0.1, 0.15) is 142 Å². The van der Waals surface area contributed by atoms with E-state index in [1.54, 1.807) is 0 Å². The minimum atomic E-state index is -1.14. The molecule has 238 valence electrons. The van der Waals surface area contributed by atoms with Crippen LogP contribution in [0.5, 0.6) is 0 Å². The molecule has 0 aliphatic rings. The highest BCUT2D eigenvalue weighted by atomic mass is 32.1. The minimum Gasteiger partial charge on any atom is -0.481 e. The van der Waals surface area contributed by atoms with Crippen LogP contribution in [0.2, 0.25) is 0 Å². The van der Waals surface area contributed by atoms with Crippen molar-refractivity contribution in [3.05, 3.63) is 0 Å². The normalized spacial score (nSPS) is 12.4. The van der Waals surface area contributed by atoms with Crippen LogP contribution >= 0.6 is 12.8 Å². The first kappa shape index (κ1) is 38.9. The van der Waals surface area contributed by atoms with Gasteiger partial charge in [0.25, 0.3) is 0 Å². The lowest BCUT2D eigenvalue weighted by Gasteiger charge is -2.15. The van der Waals surface area contributed by atoms with E-state index in [4.69, 9.17) is 5.11 Å². The summed E-state index contributed by atoms with van der Waals surface area (Å²) in [6, 6.07) is -1.38. The van der Waals surface area contributed by atoms with Crippen molar-refractivity contribution in [3.8, 4) is 0 Å². The summed E-state index contributed by atoms with van der Waals surface area (Å²) >= 11 is 3.93. The van der Waals surface area contributed by atoms with E-state index in [2.05, 4.69) is 28.2 Å². The van der Waals surface area contributed by atoms with E-state index in [1.807, 2.05) is 0 Å². The second kappa shape index (κ2) is 26.7. The van der Waals surface area contributed by atoms with Crippen LogP contribution in [0.15, 0.2) is 0 Å². The molecule has 5 N–H and O–H groups in total. The van der Waals surface area contributed by atoms with E-state index >= 15 is 0 Å². The number of hydrogen-bond donors (Lipinski definition) is 6. The zero-order valence-electron chi connectivity index (χ0n) is 25.1. The quantitative estimate of drug-likeness (QED) is 0.0494. The number of carbonyl (C=O) groups excluding carboxylic acids is 3. The molecule has 41 heavy (non-hydrogen) atoms. The molecule has 0 spiro atoms. The summed E-state index contributed by atoms with van der Waals surface area (Å²) < 4.78 is 2.66. The number of nitrogens with one attached hydrogen (secondary N) is 3. The van der Waals surface area contributed by atoms with Crippen LogP contribution in [0.3, 0.4) is 0 Å². The van der Waals surface area contributed by atoms with Crippen molar-refractivity contribution < 1.29 is 34.2 Å². The molecule has 0 radical (unpaired) electrons. The zero-order valence-corrected chi connectivity index (χ0v) is 26.0. The fourth-order valence-electron chi connectivity index (χ4n) is 4.63. The van der Waals surface area contributed by atoms with Gasteiger partial charge >= 0.3 is 11.9 Å². The summed E-state index contributed by atoms with van der Waals surface area (Å²) in [6.07, 6.45) is 18.0. The molecule has 0 saturated heterocycles. The van der Waals surface area contributed by atoms with Crippen molar-refractivity contribution in [1.82, 2.24) is 15.4 Å². The largest absolute Gasteiger partial charge is 0.481 e. The Labute approximate surface area is 252 Å². The lowest BCUT2D eigenvalue weighted by atomic mass is 10.0. The SMILES string of the molecule is CC(=O)C(CCCCNC(=O)CCC(NC(=O)CCCCCCCCCCCCCCCCC(=O)O)C(=O)O)NS. The minimum absolute atomic E-state index is 0.0138. The number of unbranched alkanes of at least 4 members (excludes halogenated alkanes) is 14. The first-order valence-electron chi connectivity index (χ1n) is 15.6. The van der Waals surface area contributed by atoms with E-state index < -0.39 is 18.0 Å². The number of aliphatic carboxylic acids is 2. The van der Waals surface area contributed by atoms with Crippen LogP contribution < -0.4 is 15.4 Å². The van der Waals surface area contributed by atoms with Gasteiger partial charge in [0.05, 0.1) is 6.04 Å². The second-order valence-electron chi connectivity index (χ2n) is 11.0. The average Bonchev–Trinajstić information content (AvgIpc) is 2.92. The monoisotopic (exact) mass is 601 g/mol. The van der Waals surface area contributed by atoms with Crippen molar-refractivity contribution in [3.63, 3.8) is 0 Å². The molecule has 0 rings (SSSR count). The smallest absolute Gasteiger partial charge is 0.326 e. The second-order valence-corrected chi connectivity index (χ2v) is 11.2. The van der Waals surface area contributed by atoms with E-state index in [1.165, 1.54) is 51.9 Å². The Morgan fingerprint density at radius 2 is 1.07 bits per heavy atom. The van der Waals surface area contributed by atoms with Gasteiger partial charge in [-0.05, 0) is 45.4 Å². The predicted octanol–water partition coefficient (Wildman–Crippen LogP) is 5.34. The molecule has 0 heterocycles. The van der Waals surface area contributed by atoms with Crippen LogP contribution in [-0.2, 0) is 24.0 Å². The Hall–Kier alpha value is -2.14. The van der Waals surface area contributed by atoms with Crippen molar-refractivity contribution in [2.75, 3.05) is 6.54 Å². The summed E-state index contributed by atoms with van der Waals surface area (Å²) in [5, 5.41) is 23.3. The summed E-state index contributed by atoms with van der Waals surface area (Å²) in [7, 11) is 0. The number of amides is 2. The van der Waals surface area contributed by atoms with Crippen LogP contribution in [-0.4, -0.2) is 58.4 Å². The number of Topliss-reactive ketones (excluding diaryl/α,β-unsaturated/α-hetero) is 1. The van der Waals surface area contributed by atoms with Crippen LogP contribution in [0.25, 0.3) is 0 Å². The standard InChI is InChI=1S/C30H55N3O7S/c1-24(34)25(33-41)18-16-17-23-31-27(35)22-21-26(30(39)40)32-28(36)19-14-12-10-8-6-4-2-3-5-7-9-11-13-15-20-29(37)38/h25-26,33,41H,2-23H2,1H3,(H,31,35)(H,32,36)(H,37,38)(H,39,40). The maximum Gasteiger partial charge on any atom is 0.326 e. The maximum atomic E-state index is 12.2. The molecule has 11 heteroatoms. The Morgan fingerprint density at radius 3 is 1.51 bits per heavy atom. The van der Waals surface area contributed by atoms with Gasteiger partial charge in [0, 0.05) is 25.8 Å². The van der Waals surface area contributed by atoms with Gasteiger partial charge in [0.2, 0.25) is 11.8 Å². The maximum absolute atomic E-state index is 12.2. The first-order valence-corrected chi connectivity index (χ1v) is 16.0. The number of carboxylic acids is 2. The first-order chi connectivity index (χ1) is 19.7. The molecular weight excluding hydrogens is 546 g/mol. The van der Waals surface area contributed by atoms with Gasteiger partial charge in [0.1, 0.15) is 11.8 Å². The number of carboxylic acid groups (broad SMARTS) is 2. The Balaban J connectivity index is 3.73. The molecule has 2 amide bonds. The molecule has 2 atom stereocenters. The number of ketones is 1. The fourth-order valence-corrected chi connectivity index (χ4v) is 4.94. The average molecular weight is 602 g/mol. The van der Waals surface area contributed by atoms with E-state index in [-0.39, 0.29) is 49.3 Å². The van der Waals surface area contributed by atoms with E-state index in [0.29, 0.717) is 19.4 Å². The molecule has 10 nitrogen and oxygen atoms in total. The lowest BCUT2D eigenvalue weighted by Crippen LogP contribution is -2.41. The van der Waals surface area contributed by atoms with Crippen molar-refractivity contribution in [2.24, 2.45) is 0 Å². The third-order valence-corrected chi connectivity index (χ3v) is 7.54. The molecule has 2 unspecified atom stereocenters. The summed E-state index contributed by atoms with van der Waals surface area (Å²) in [5.74, 6) is -2.39. The van der Waals surface area contributed by atoms with Gasteiger partial charge < -0.3 is 20.8 Å². The van der Waals surface area contributed by atoms with Crippen LogP contribution in [0.4, 0.5) is 0 Å². The molecular formula is C30H55N3O7S. The lowest BCUT2D eigenvalue weighted by molar-refractivity contribution is -0.142. The molecule has 0 bridgehead atoms. The topological polar surface area (TPSA) is 162 Å². The predicted molar refractivity (Wildman–Crippen MR) is 164 cm³/mol. The van der Waals surface area contributed by atoms with Crippen molar-refractivity contribution >= 4 is 42.4 Å². The van der Waals surface area contributed by atoms with E-state index in [9.17, 15) is 29.1 Å². The van der Waals surface area contributed by atoms with Gasteiger partial charge in [0.15, 0.2) is 0 Å². The summed E-state index contributed by atoms with van der Waals surface area (Å²) in [5.41, 5.74) is 0. The molecule has 0 aromatic carbocycles. The van der Waals surface area contributed by atoms with E-state index in [0.717, 1.165) is 51.4 Å². The van der Waals surface area contributed by atoms with Gasteiger partial charge in [-0.25, -0.2) is 4.79 Å². The van der Waals surface area contributed by atoms with Gasteiger partial charge in [-0.1, -0.05) is 89.9 Å². The van der Waals surface area contributed by atoms with Gasteiger partial charge in [-0.3, -0.25) is 23.9 Å².